The number of aromatic nitrogens is 1. The van der Waals surface area contributed by atoms with Gasteiger partial charge >= 0.3 is 0 Å². The molecule has 1 aliphatic heterocycles. The number of nitrogens with two attached hydrogens (primary N) is 1. The minimum Gasteiger partial charge on any atom is -0.273 e. The lowest BCUT2D eigenvalue weighted by molar-refractivity contribution is 0.476. The van der Waals surface area contributed by atoms with Gasteiger partial charge in [0.2, 0.25) is 0 Å². The summed E-state index contributed by atoms with van der Waals surface area (Å²) in [5.74, 6) is 5.42. The van der Waals surface area contributed by atoms with E-state index in [0.29, 0.717) is 0 Å². The van der Waals surface area contributed by atoms with Crippen LogP contribution in [0, 0.1) is 0 Å². The Hall–Kier alpha value is -1.07. The van der Waals surface area contributed by atoms with Crippen LogP contribution in [0.5, 0.6) is 0 Å². The lowest BCUT2D eigenvalue weighted by atomic mass is 10.4. The standard InChI is InChI=1S/C5H6N4S/c6-9-2-1-4-5(8-9)10-3-7-4/h1-3,8H,6H2. The molecule has 0 radical (unpaired) electrons. The van der Waals surface area contributed by atoms with E-state index in [1.54, 1.807) is 11.7 Å². The number of nitrogens with zero attached hydrogens (tertiary/aromatic N) is 2. The Kier molecular flexibility index (Phi) is 1.12. The monoisotopic (exact) mass is 154 g/mol. The number of thiazole rings is 1. The smallest absolute Gasteiger partial charge is 0.136 e. The molecule has 0 aliphatic carbocycles. The predicted octanol–water partition coefficient (Wildman–Crippen LogP) is 0.630. The molecule has 0 saturated carbocycles. The van der Waals surface area contributed by atoms with Crippen molar-refractivity contribution in [1.29, 1.82) is 0 Å². The van der Waals surface area contributed by atoms with Crippen LogP contribution in [-0.4, -0.2) is 10.1 Å². The van der Waals surface area contributed by atoms with E-state index >= 15 is 0 Å². The molecule has 2 heterocycles. The highest BCUT2D eigenvalue weighted by molar-refractivity contribution is 7.14. The average molecular weight is 154 g/mol. The molecule has 0 aromatic carbocycles. The molecular weight excluding hydrogens is 148 g/mol. The summed E-state index contributed by atoms with van der Waals surface area (Å²) >= 11 is 1.53. The van der Waals surface area contributed by atoms with E-state index in [4.69, 9.17) is 5.84 Å². The second kappa shape index (κ2) is 1.96. The van der Waals surface area contributed by atoms with Crippen LogP contribution in [0.15, 0.2) is 11.7 Å². The fraction of sp³-hybridized carbons (Fsp3) is 0. The van der Waals surface area contributed by atoms with Gasteiger partial charge in [0.25, 0.3) is 0 Å². The SMILES string of the molecule is NN1C=Cc2ncsc2N1. The van der Waals surface area contributed by atoms with Crippen molar-refractivity contribution in [2.24, 2.45) is 5.84 Å². The molecule has 10 heavy (non-hydrogen) atoms. The quantitative estimate of drug-likeness (QED) is 0.538. The fourth-order valence-electron chi connectivity index (χ4n) is 0.763. The van der Waals surface area contributed by atoms with Gasteiger partial charge in [-0.1, -0.05) is 0 Å². The van der Waals surface area contributed by atoms with E-state index < -0.39 is 0 Å². The highest BCUT2D eigenvalue weighted by atomic mass is 32.1. The molecular formula is C5H6N4S. The van der Waals surface area contributed by atoms with Gasteiger partial charge in [-0.3, -0.25) is 5.43 Å². The van der Waals surface area contributed by atoms with Gasteiger partial charge in [-0.25, -0.2) is 15.9 Å². The maximum Gasteiger partial charge on any atom is 0.136 e. The molecule has 0 bridgehead atoms. The van der Waals surface area contributed by atoms with Gasteiger partial charge in [0.05, 0.1) is 5.51 Å². The van der Waals surface area contributed by atoms with Crippen molar-refractivity contribution in [1.82, 2.24) is 10.1 Å². The Morgan fingerprint density at radius 3 is 3.50 bits per heavy atom. The molecule has 4 nitrogen and oxygen atoms in total. The van der Waals surface area contributed by atoms with Crippen LogP contribution in [-0.2, 0) is 0 Å². The number of nitrogens with one attached hydrogen (secondary N) is 1. The molecule has 0 amide bonds. The van der Waals surface area contributed by atoms with Crippen LogP contribution in [0.2, 0.25) is 0 Å². The summed E-state index contributed by atoms with van der Waals surface area (Å²) in [5.41, 5.74) is 5.65. The number of hydrazine groups is 2. The van der Waals surface area contributed by atoms with Crippen LogP contribution in [0.25, 0.3) is 6.08 Å². The topological polar surface area (TPSA) is 54.2 Å². The zero-order chi connectivity index (χ0) is 6.97. The molecule has 3 N–H and O–H groups in total. The fourth-order valence-corrected chi connectivity index (χ4v) is 1.43. The summed E-state index contributed by atoms with van der Waals surface area (Å²) in [6, 6.07) is 0. The third-order valence-corrected chi connectivity index (χ3v) is 1.97. The van der Waals surface area contributed by atoms with E-state index in [1.807, 2.05) is 6.08 Å². The van der Waals surface area contributed by atoms with Crippen molar-refractivity contribution in [2.45, 2.75) is 0 Å². The van der Waals surface area contributed by atoms with E-state index in [1.165, 1.54) is 16.5 Å². The molecule has 0 unspecified atom stereocenters. The zero-order valence-electron chi connectivity index (χ0n) is 5.11. The van der Waals surface area contributed by atoms with E-state index in [9.17, 15) is 0 Å². The molecule has 1 aromatic heterocycles. The summed E-state index contributed by atoms with van der Waals surface area (Å²) in [6.45, 7) is 0. The largest absolute Gasteiger partial charge is 0.273 e. The van der Waals surface area contributed by atoms with Gasteiger partial charge in [0.1, 0.15) is 10.7 Å². The molecule has 0 atom stereocenters. The van der Waals surface area contributed by atoms with Gasteiger partial charge in [0.15, 0.2) is 0 Å². The second-order valence-electron chi connectivity index (χ2n) is 1.90. The van der Waals surface area contributed by atoms with E-state index in [-0.39, 0.29) is 0 Å². The summed E-state index contributed by atoms with van der Waals surface area (Å²) in [4.78, 5) is 4.08. The first-order valence-corrected chi connectivity index (χ1v) is 3.66. The molecule has 0 fully saturated rings. The summed E-state index contributed by atoms with van der Waals surface area (Å²) in [6.07, 6.45) is 3.59. The van der Waals surface area contributed by atoms with Crippen molar-refractivity contribution in [3.8, 4) is 0 Å². The van der Waals surface area contributed by atoms with Crippen molar-refractivity contribution < 1.29 is 0 Å². The molecule has 0 spiro atoms. The van der Waals surface area contributed by atoms with Gasteiger partial charge in [0, 0.05) is 6.20 Å². The Labute approximate surface area is 61.9 Å². The number of fused-ring (bicyclic) bond motifs is 1. The van der Waals surface area contributed by atoms with Crippen molar-refractivity contribution in [3.05, 3.63) is 17.4 Å². The normalized spacial score (nSPS) is 14.7. The van der Waals surface area contributed by atoms with Crippen LogP contribution < -0.4 is 11.3 Å². The third kappa shape index (κ3) is 0.758. The van der Waals surface area contributed by atoms with Crippen LogP contribution >= 0.6 is 11.3 Å². The average Bonchev–Trinajstić information content (AvgIpc) is 2.33. The number of hydrogen-bond acceptors (Lipinski definition) is 5. The van der Waals surface area contributed by atoms with Crippen molar-refractivity contribution in [3.63, 3.8) is 0 Å². The lowest BCUT2D eigenvalue weighted by Gasteiger charge is -2.18. The third-order valence-electron chi connectivity index (χ3n) is 1.22. The minimum atomic E-state index is 0.951. The molecule has 5 heteroatoms. The van der Waals surface area contributed by atoms with Gasteiger partial charge in [-0.05, 0) is 6.08 Å². The molecule has 52 valence electrons. The Morgan fingerprint density at radius 2 is 2.60 bits per heavy atom. The molecule has 1 aliphatic rings. The maximum atomic E-state index is 5.42. The number of hydrogen-bond donors (Lipinski definition) is 2. The first-order valence-electron chi connectivity index (χ1n) is 2.78. The predicted molar refractivity (Wildman–Crippen MR) is 40.8 cm³/mol. The van der Waals surface area contributed by atoms with Crippen molar-refractivity contribution >= 4 is 22.4 Å². The van der Waals surface area contributed by atoms with Gasteiger partial charge < -0.3 is 0 Å². The summed E-state index contributed by atoms with van der Waals surface area (Å²) in [7, 11) is 0. The number of anilines is 1. The highest BCUT2D eigenvalue weighted by Gasteiger charge is 2.07. The molecule has 2 rings (SSSR count). The van der Waals surface area contributed by atoms with Crippen molar-refractivity contribution in [2.75, 3.05) is 5.43 Å². The van der Waals surface area contributed by atoms with Gasteiger partial charge in [-0.2, -0.15) is 0 Å². The first-order chi connectivity index (χ1) is 4.86. The number of rotatable bonds is 0. The Balaban J connectivity index is 2.43. The van der Waals surface area contributed by atoms with E-state index in [2.05, 4.69) is 10.4 Å². The maximum absolute atomic E-state index is 5.42. The highest BCUT2D eigenvalue weighted by Crippen LogP contribution is 2.23. The van der Waals surface area contributed by atoms with E-state index in [0.717, 1.165) is 10.7 Å². The minimum absolute atomic E-state index is 0.951. The van der Waals surface area contributed by atoms with Crippen LogP contribution in [0.1, 0.15) is 5.69 Å². The van der Waals surface area contributed by atoms with Crippen LogP contribution in [0.4, 0.5) is 5.00 Å². The van der Waals surface area contributed by atoms with Crippen LogP contribution in [0.3, 0.4) is 0 Å². The molecule has 0 saturated heterocycles. The Bertz CT molecular complexity index is 266. The molecule has 1 aromatic rings. The lowest BCUT2D eigenvalue weighted by Crippen LogP contribution is -2.32. The first kappa shape index (κ1) is 5.70. The Morgan fingerprint density at radius 1 is 1.70 bits per heavy atom. The summed E-state index contributed by atoms with van der Waals surface area (Å²) in [5, 5.41) is 2.39. The zero-order valence-corrected chi connectivity index (χ0v) is 5.93. The summed E-state index contributed by atoms with van der Waals surface area (Å²) < 4.78 is 0. The van der Waals surface area contributed by atoms with Gasteiger partial charge in [-0.15, -0.1) is 11.3 Å². The second-order valence-corrected chi connectivity index (χ2v) is 2.76.